The zero-order valence-corrected chi connectivity index (χ0v) is 15.9. The number of nitrogens with zero attached hydrogens (tertiary/aromatic N) is 1. The van der Waals surface area contributed by atoms with Crippen molar-refractivity contribution in [2.45, 2.75) is 58.4 Å². The number of aromatic hydroxyl groups is 1. The maximum Gasteiger partial charge on any atom is 0.119 e. The predicted octanol–water partition coefficient (Wildman–Crippen LogP) is 5.81. The van der Waals surface area contributed by atoms with Crippen LogP contribution >= 0.6 is 0 Å². The van der Waals surface area contributed by atoms with Gasteiger partial charge in [0.15, 0.2) is 0 Å². The first-order chi connectivity index (χ1) is 11.7. The monoisotopic (exact) mass is 334 g/mol. The van der Waals surface area contributed by atoms with Crippen LogP contribution in [0.3, 0.4) is 0 Å². The second kappa shape index (κ2) is 6.25. The van der Waals surface area contributed by atoms with E-state index in [-0.39, 0.29) is 11.0 Å². The molecular formula is C23H28NO. The fraction of sp³-hybridized carbons (Fsp3) is 0.391. The molecule has 1 N–H and O–H groups in total. The van der Waals surface area contributed by atoms with Crippen LogP contribution in [0, 0.1) is 6.07 Å². The number of aryl methyl sites for hydroxylation is 1. The maximum absolute atomic E-state index is 10.2. The van der Waals surface area contributed by atoms with Gasteiger partial charge < -0.3 is 9.67 Å². The van der Waals surface area contributed by atoms with Crippen molar-refractivity contribution in [2.24, 2.45) is 0 Å². The van der Waals surface area contributed by atoms with E-state index in [0.717, 1.165) is 18.4 Å². The minimum atomic E-state index is -0.0513. The highest BCUT2D eigenvalue weighted by Crippen LogP contribution is 2.32. The Morgan fingerprint density at radius 3 is 2.40 bits per heavy atom. The quantitative estimate of drug-likeness (QED) is 0.639. The van der Waals surface area contributed by atoms with Crippen LogP contribution in [-0.4, -0.2) is 9.67 Å². The van der Waals surface area contributed by atoms with Crippen LogP contribution in [0.25, 0.3) is 10.8 Å². The van der Waals surface area contributed by atoms with Gasteiger partial charge in [0.1, 0.15) is 5.75 Å². The van der Waals surface area contributed by atoms with Crippen molar-refractivity contribution in [2.75, 3.05) is 0 Å². The Labute approximate surface area is 151 Å². The minimum absolute atomic E-state index is 0.0266. The molecule has 0 atom stereocenters. The predicted molar refractivity (Wildman–Crippen MR) is 105 cm³/mol. The van der Waals surface area contributed by atoms with E-state index in [2.05, 4.69) is 69.8 Å². The van der Waals surface area contributed by atoms with Crippen molar-refractivity contribution in [1.29, 1.82) is 0 Å². The third kappa shape index (κ3) is 3.73. The molecule has 1 aromatic heterocycles. The molecule has 1 heterocycles. The minimum Gasteiger partial charge on any atom is -0.508 e. The molecule has 0 saturated heterocycles. The van der Waals surface area contributed by atoms with Gasteiger partial charge in [0.05, 0.1) is 0 Å². The molecule has 2 nitrogen and oxygen atoms in total. The van der Waals surface area contributed by atoms with E-state index in [1.54, 1.807) is 0 Å². The lowest BCUT2D eigenvalue weighted by Crippen LogP contribution is -2.25. The summed E-state index contributed by atoms with van der Waals surface area (Å²) in [5.41, 5.74) is 2.27. The highest BCUT2D eigenvalue weighted by molar-refractivity contribution is 5.82. The summed E-state index contributed by atoms with van der Waals surface area (Å²) in [6.45, 7) is 11.0. The van der Waals surface area contributed by atoms with E-state index in [4.69, 9.17) is 0 Å². The smallest absolute Gasteiger partial charge is 0.119 e. The number of rotatable bonds is 4. The van der Waals surface area contributed by atoms with Crippen molar-refractivity contribution in [3.05, 3.63) is 66.0 Å². The number of hydrogen-bond acceptors (Lipinski definition) is 1. The Balaban J connectivity index is 1.80. The Hall–Kier alpha value is -2.22. The lowest BCUT2D eigenvalue weighted by atomic mass is 9.84. The maximum atomic E-state index is 10.2. The molecule has 0 aliphatic heterocycles. The molecule has 0 bridgehead atoms. The van der Waals surface area contributed by atoms with E-state index in [1.807, 2.05) is 24.3 Å². The Morgan fingerprint density at radius 2 is 1.72 bits per heavy atom. The van der Waals surface area contributed by atoms with E-state index >= 15 is 0 Å². The standard InChI is InChI=1S/C23H28NO/c1-22(2,3)20-14-17(10-11-21(20)25)12-13-23(4,5)24-15-18-8-6-7-9-19(18)16-24/h6,8-11,14-16,25H,12-13H2,1-5H3. The zero-order valence-electron chi connectivity index (χ0n) is 15.9. The summed E-state index contributed by atoms with van der Waals surface area (Å²) < 4.78 is 2.32. The summed E-state index contributed by atoms with van der Waals surface area (Å²) in [5, 5.41) is 12.6. The summed E-state index contributed by atoms with van der Waals surface area (Å²) >= 11 is 0. The second-order valence-corrected chi connectivity index (χ2v) is 8.63. The number of hydrogen-bond donors (Lipinski definition) is 1. The average molecular weight is 334 g/mol. The molecule has 1 radical (unpaired) electrons. The highest BCUT2D eigenvalue weighted by atomic mass is 16.3. The van der Waals surface area contributed by atoms with Crippen molar-refractivity contribution < 1.29 is 5.11 Å². The molecule has 2 heteroatoms. The molecule has 25 heavy (non-hydrogen) atoms. The molecule has 0 saturated carbocycles. The van der Waals surface area contributed by atoms with Gasteiger partial charge in [0.2, 0.25) is 0 Å². The van der Waals surface area contributed by atoms with E-state index in [9.17, 15) is 5.11 Å². The van der Waals surface area contributed by atoms with Gasteiger partial charge in [-0.3, -0.25) is 0 Å². The molecule has 0 aliphatic carbocycles. The largest absolute Gasteiger partial charge is 0.508 e. The summed E-state index contributed by atoms with van der Waals surface area (Å²) in [7, 11) is 0. The van der Waals surface area contributed by atoms with Crippen LogP contribution in [0.4, 0.5) is 0 Å². The van der Waals surface area contributed by atoms with Crippen molar-refractivity contribution in [1.82, 2.24) is 4.57 Å². The lowest BCUT2D eigenvalue weighted by molar-refractivity contribution is 0.329. The van der Waals surface area contributed by atoms with Gasteiger partial charge in [-0.25, -0.2) is 0 Å². The van der Waals surface area contributed by atoms with Gasteiger partial charge in [-0.1, -0.05) is 45.0 Å². The van der Waals surface area contributed by atoms with Crippen LogP contribution in [-0.2, 0) is 17.4 Å². The Kier molecular flexibility index (Phi) is 4.40. The van der Waals surface area contributed by atoms with E-state index < -0.39 is 0 Å². The van der Waals surface area contributed by atoms with Gasteiger partial charge in [-0.15, -0.1) is 0 Å². The Bertz CT molecular complexity index is 847. The van der Waals surface area contributed by atoms with E-state index in [1.165, 1.54) is 16.3 Å². The number of fused-ring (bicyclic) bond motifs is 1. The fourth-order valence-corrected chi connectivity index (χ4v) is 3.29. The van der Waals surface area contributed by atoms with Crippen molar-refractivity contribution in [3.63, 3.8) is 0 Å². The molecule has 2 aromatic carbocycles. The third-order valence-electron chi connectivity index (χ3n) is 5.08. The first-order valence-corrected chi connectivity index (χ1v) is 8.97. The van der Waals surface area contributed by atoms with Gasteiger partial charge in [0.25, 0.3) is 0 Å². The molecule has 0 fully saturated rings. The summed E-state index contributed by atoms with van der Waals surface area (Å²) in [6.07, 6.45) is 6.45. The molecule has 0 amide bonds. The van der Waals surface area contributed by atoms with Gasteiger partial charge in [-0.2, -0.15) is 0 Å². The number of phenolic OH excluding ortho intramolecular Hbond substituents is 1. The molecule has 0 unspecified atom stereocenters. The van der Waals surface area contributed by atoms with E-state index in [0.29, 0.717) is 5.75 Å². The zero-order chi connectivity index (χ0) is 18.2. The molecule has 0 spiro atoms. The van der Waals surface area contributed by atoms with Crippen LogP contribution < -0.4 is 0 Å². The molecule has 131 valence electrons. The fourth-order valence-electron chi connectivity index (χ4n) is 3.29. The van der Waals surface area contributed by atoms with Gasteiger partial charge >= 0.3 is 0 Å². The highest BCUT2D eigenvalue weighted by Gasteiger charge is 2.22. The van der Waals surface area contributed by atoms with Crippen LogP contribution in [0.15, 0.2) is 48.8 Å². The first kappa shape index (κ1) is 17.6. The van der Waals surface area contributed by atoms with Crippen LogP contribution in [0.1, 0.15) is 52.2 Å². The molecular weight excluding hydrogens is 306 g/mol. The molecule has 3 aromatic rings. The van der Waals surface area contributed by atoms with Crippen molar-refractivity contribution >= 4 is 10.8 Å². The number of aromatic nitrogens is 1. The SMILES string of the molecule is CC(C)(C)c1cc(CCC(C)(C)n2cc3c[c]ccc3c2)ccc1O. The topological polar surface area (TPSA) is 25.2 Å². The number of phenols is 1. The summed E-state index contributed by atoms with van der Waals surface area (Å²) in [5.74, 6) is 0.392. The second-order valence-electron chi connectivity index (χ2n) is 8.63. The summed E-state index contributed by atoms with van der Waals surface area (Å²) in [4.78, 5) is 0. The van der Waals surface area contributed by atoms with Crippen LogP contribution in [0.5, 0.6) is 5.75 Å². The first-order valence-electron chi connectivity index (χ1n) is 8.97. The Morgan fingerprint density at radius 1 is 1.00 bits per heavy atom. The third-order valence-corrected chi connectivity index (χ3v) is 5.08. The van der Waals surface area contributed by atoms with Crippen LogP contribution in [0.2, 0.25) is 0 Å². The molecule has 3 rings (SSSR count). The average Bonchev–Trinajstić information content (AvgIpc) is 2.98. The summed E-state index contributed by atoms with van der Waals surface area (Å²) in [6, 6.07) is 15.3. The van der Waals surface area contributed by atoms with Crippen molar-refractivity contribution in [3.8, 4) is 5.75 Å². The normalized spacial score (nSPS) is 12.7. The number of benzene rings is 2. The van der Waals surface area contributed by atoms with Gasteiger partial charge in [0, 0.05) is 17.9 Å². The van der Waals surface area contributed by atoms with Gasteiger partial charge in [-0.05, 0) is 72.2 Å². The lowest BCUT2D eigenvalue weighted by Gasteiger charge is -2.28. The molecule has 0 aliphatic rings.